The van der Waals surface area contributed by atoms with E-state index in [-0.39, 0.29) is 0 Å². The van der Waals surface area contributed by atoms with Crippen molar-refractivity contribution in [2.45, 2.75) is 13.1 Å². The van der Waals surface area contributed by atoms with Crippen LogP contribution >= 0.6 is 0 Å². The van der Waals surface area contributed by atoms with Crippen LogP contribution in [0.2, 0.25) is 0 Å². The fourth-order valence-corrected chi connectivity index (χ4v) is 4.34. The Morgan fingerprint density at radius 1 is 0.353 bits per heavy atom. The Bertz CT molecular complexity index is 1210. The lowest BCUT2D eigenvalue weighted by molar-refractivity contribution is 0.799. The van der Waals surface area contributed by atoms with Gasteiger partial charge in [0.15, 0.2) is 0 Å². The van der Waals surface area contributed by atoms with E-state index < -0.39 is 0 Å². The SMILES string of the molecule is c1ccc(CN(Cc2ccccc2)c2ccccc2N(c2ccccc2)c2ccccc2)cc1. The van der Waals surface area contributed by atoms with Crippen LogP contribution in [0.15, 0.2) is 146 Å². The van der Waals surface area contributed by atoms with E-state index >= 15 is 0 Å². The lowest BCUT2D eigenvalue weighted by Gasteiger charge is -2.33. The van der Waals surface area contributed by atoms with Gasteiger partial charge in [-0.1, -0.05) is 109 Å². The number of nitrogens with zero attached hydrogens (tertiary/aromatic N) is 2. The van der Waals surface area contributed by atoms with Gasteiger partial charge >= 0.3 is 0 Å². The standard InChI is InChI=1S/C32H28N2/c1-5-15-27(16-6-1)25-33(26-28-17-7-2-8-18-28)31-23-13-14-24-32(31)34(29-19-9-3-10-20-29)30-21-11-4-12-22-30/h1-24H,25-26H2. The fraction of sp³-hybridized carbons (Fsp3) is 0.0625. The molecule has 0 aromatic heterocycles. The summed E-state index contributed by atoms with van der Waals surface area (Å²) in [6.45, 7) is 1.65. The summed E-state index contributed by atoms with van der Waals surface area (Å²) in [5.74, 6) is 0. The van der Waals surface area contributed by atoms with Crippen LogP contribution in [0.4, 0.5) is 22.7 Å². The lowest BCUT2D eigenvalue weighted by Crippen LogP contribution is -2.24. The van der Waals surface area contributed by atoms with Crippen molar-refractivity contribution in [2.75, 3.05) is 9.80 Å². The quantitative estimate of drug-likeness (QED) is 0.239. The van der Waals surface area contributed by atoms with Crippen LogP contribution in [-0.2, 0) is 13.1 Å². The van der Waals surface area contributed by atoms with Crippen LogP contribution in [0.25, 0.3) is 0 Å². The van der Waals surface area contributed by atoms with Gasteiger partial charge in [0.2, 0.25) is 0 Å². The number of rotatable bonds is 8. The third kappa shape index (κ3) is 5.02. The first-order valence-corrected chi connectivity index (χ1v) is 11.7. The van der Waals surface area contributed by atoms with Gasteiger partial charge in [0.25, 0.3) is 0 Å². The van der Waals surface area contributed by atoms with Crippen LogP contribution in [-0.4, -0.2) is 0 Å². The second-order valence-electron chi connectivity index (χ2n) is 8.32. The summed E-state index contributed by atoms with van der Waals surface area (Å²) in [5, 5.41) is 0. The molecule has 0 amide bonds. The van der Waals surface area contributed by atoms with E-state index in [1.54, 1.807) is 0 Å². The molecule has 34 heavy (non-hydrogen) atoms. The van der Waals surface area contributed by atoms with E-state index in [1.165, 1.54) is 16.8 Å². The number of hydrogen-bond donors (Lipinski definition) is 0. The van der Waals surface area contributed by atoms with Crippen molar-refractivity contribution in [3.63, 3.8) is 0 Å². The molecule has 0 aliphatic rings. The molecule has 0 saturated heterocycles. The number of hydrogen-bond acceptors (Lipinski definition) is 2. The monoisotopic (exact) mass is 440 g/mol. The zero-order chi connectivity index (χ0) is 23.0. The van der Waals surface area contributed by atoms with Crippen LogP contribution in [0.5, 0.6) is 0 Å². The molecule has 5 rings (SSSR count). The van der Waals surface area contributed by atoms with Gasteiger partial charge in [-0.3, -0.25) is 0 Å². The third-order valence-electron chi connectivity index (χ3n) is 5.92. The van der Waals surface area contributed by atoms with Crippen molar-refractivity contribution in [2.24, 2.45) is 0 Å². The highest BCUT2D eigenvalue weighted by Crippen LogP contribution is 2.41. The van der Waals surface area contributed by atoms with Gasteiger partial charge in [-0.15, -0.1) is 0 Å². The summed E-state index contributed by atoms with van der Waals surface area (Å²) < 4.78 is 0. The van der Waals surface area contributed by atoms with E-state index in [0.717, 1.165) is 30.2 Å². The third-order valence-corrected chi connectivity index (χ3v) is 5.92. The van der Waals surface area contributed by atoms with Crippen LogP contribution < -0.4 is 9.80 Å². The maximum absolute atomic E-state index is 2.47. The fourth-order valence-electron chi connectivity index (χ4n) is 4.34. The van der Waals surface area contributed by atoms with Gasteiger partial charge in [0.05, 0.1) is 11.4 Å². The zero-order valence-electron chi connectivity index (χ0n) is 19.2. The average molecular weight is 441 g/mol. The van der Waals surface area contributed by atoms with Gasteiger partial charge < -0.3 is 9.80 Å². The maximum Gasteiger partial charge on any atom is 0.0695 e. The van der Waals surface area contributed by atoms with Crippen molar-refractivity contribution in [1.29, 1.82) is 0 Å². The molecule has 0 bridgehead atoms. The van der Waals surface area contributed by atoms with Gasteiger partial charge in [0.1, 0.15) is 0 Å². The Hall–Kier alpha value is -4.30. The minimum Gasteiger partial charge on any atom is -0.361 e. The zero-order valence-corrected chi connectivity index (χ0v) is 19.2. The maximum atomic E-state index is 2.47. The molecule has 0 fully saturated rings. The first kappa shape index (κ1) is 21.5. The Morgan fingerprint density at radius 3 is 1.15 bits per heavy atom. The molecule has 0 spiro atoms. The summed E-state index contributed by atoms with van der Waals surface area (Å²) in [4.78, 5) is 4.82. The molecule has 0 heterocycles. The Balaban J connectivity index is 1.62. The van der Waals surface area contributed by atoms with E-state index in [1.807, 2.05) is 0 Å². The summed E-state index contributed by atoms with van der Waals surface area (Å²) in [7, 11) is 0. The molecule has 2 heteroatoms. The summed E-state index contributed by atoms with van der Waals surface area (Å²) in [6, 6.07) is 51.3. The van der Waals surface area contributed by atoms with E-state index in [9.17, 15) is 0 Å². The smallest absolute Gasteiger partial charge is 0.0695 e. The van der Waals surface area contributed by atoms with E-state index in [0.29, 0.717) is 0 Å². The van der Waals surface area contributed by atoms with E-state index in [4.69, 9.17) is 0 Å². The molecule has 0 N–H and O–H groups in total. The van der Waals surface area contributed by atoms with Crippen molar-refractivity contribution in [3.05, 3.63) is 157 Å². The predicted octanol–water partition coefficient (Wildman–Crippen LogP) is 8.36. The van der Waals surface area contributed by atoms with Crippen molar-refractivity contribution in [3.8, 4) is 0 Å². The first-order valence-electron chi connectivity index (χ1n) is 11.7. The minimum atomic E-state index is 0.824. The summed E-state index contributed by atoms with van der Waals surface area (Å²) >= 11 is 0. The molecule has 0 unspecified atom stereocenters. The van der Waals surface area contributed by atoms with Crippen molar-refractivity contribution < 1.29 is 0 Å². The minimum absolute atomic E-state index is 0.824. The highest BCUT2D eigenvalue weighted by atomic mass is 15.2. The average Bonchev–Trinajstić information content (AvgIpc) is 2.91. The van der Waals surface area contributed by atoms with Gasteiger partial charge in [-0.2, -0.15) is 0 Å². The van der Waals surface area contributed by atoms with Crippen LogP contribution in [0.1, 0.15) is 11.1 Å². The normalized spacial score (nSPS) is 10.6. The Kier molecular flexibility index (Phi) is 6.68. The Labute approximate surface area is 202 Å². The number of para-hydroxylation sites is 4. The lowest BCUT2D eigenvalue weighted by atomic mass is 10.1. The highest BCUT2D eigenvalue weighted by molar-refractivity contribution is 5.85. The number of benzene rings is 5. The molecule has 0 saturated carbocycles. The highest BCUT2D eigenvalue weighted by Gasteiger charge is 2.19. The molecule has 0 aliphatic heterocycles. The van der Waals surface area contributed by atoms with Gasteiger partial charge in [-0.25, -0.2) is 0 Å². The summed E-state index contributed by atoms with van der Waals surface area (Å²) in [6.07, 6.45) is 0. The molecule has 0 radical (unpaired) electrons. The topological polar surface area (TPSA) is 6.48 Å². The van der Waals surface area contributed by atoms with Crippen molar-refractivity contribution >= 4 is 22.7 Å². The molecule has 166 valence electrons. The first-order chi connectivity index (χ1) is 16.9. The molecular formula is C32H28N2. The second kappa shape index (κ2) is 10.5. The molecule has 5 aromatic carbocycles. The van der Waals surface area contributed by atoms with E-state index in [2.05, 4.69) is 155 Å². The summed E-state index contributed by atoms with van der Waals surface area (Å²) in [5.41, 5.74) is 7.22. The molecule has 2 nitrogen and oxygen atoms in total. The molecule has 5 aromatic rings. The van der Waals surface area contributed by atoms with Crippen molar-refractivity contribution in [1.82, 2.24) is 0 Å². The molecule has 0 atom stereocenters. The van der Waals surface area contributed by atoms with Gasteiger partial charge in [0, 0.05) is 24.5 Å². The van der Waals surface area contributed by atoms with Gasteiger partial charge in [-0.05, 0) is 47.5 Å². The van der Waals surface area contributed by atoms with Crippen LogP contribution in [0.3, 0.4) is 0 Å². The van der Waals surface area contributed by atoms with Crippen LogP contribution in [0, 0.1) is 0 Å². The second-order valence-corrected chi connectivity index (χ2v) is 8.32. The molecule has 0 aliphatic carbocycles. The predicted molar refractivity (Wildman–Crippen MR) is 144 cm³/mol. The Morgan fingerprint density at radius 2 is 0.706 bits per heavy atom. The largest absolute Gasteiger partial charge is 0.361 e. The molecular weight excluding hydrogens is 412 g/mol. The number of anilines is 4.